The quantitative estimate of drug-likeness (QED) is 0.812. The van der Waals surface area contributed by atoms with Crippen molar-refractivity contribution in [2.24, 2.45) is 5.73 Å². The van der Waals surface area contributed by atoms with E-state index in [9.17, 15) is 4.39 Å². The predicted molar refractivity (Wildman–Crippen MR) is 54.1 cm³/mol. The molecule has 78 valence electrons. The molecule has 15 heavy (non-hydrogen) atoms. The van der Waals surface area contributed by atoms with E-state index in [0.29, 0.717) is 18.7 Å². The number of imidazole rings is 1. The first-order chi connectivity index (χ1) is 7.33. The molecule has 0 aliphatic carbocycles. The Bertz CT molecular complexity index is 452. The third kappa shape index (κ3) is 1.87. The molecule has 0 aromatic carbocycles. The summed E-state index contributed by atoms with van der Waals surface area (Å²) in [4.78, 5) is 7.68. The number of hydrogen-bond donors (Lipinski definition) is 1. The van der Waals surface area contributed by atoms with E-state index in [1.807, 2.05) is 0 Å². The van der Waals surface area contributed by atoms with E-state index in [1.54, 1.807) is 29.4 Å². The highest BCUT2D eigenvalue weighted by Gasteiger charge is 2.07. The van der Waals surface area contributed by atoms with Gasteiger partial charge in [0, 0.05) is 24.5 Å². The second kappa shape index (κ2) is 4.18. The number of halogens is 1. The number of hydrogen-bond acceptors (Lipinski definition) is 3. The molecule has 2 aromatic rings. The molecule has 0 aliphatic rings. The van der Waals surface area contributed by atoms with Crippen LogP contribution in [-0.4, -0.2) is 21.1 Å². The summed E-state index contributed by atoms with van der Waals surface area (Å²) in [6.07, 6.45) is 6.66. The zero-order valence-corrected chi connectivity index (χ0v) is 8.10. The Labute approximate surface area is 86.6 Å². The topological polar surface area (TPSA) is 56.7 Å². The molecule has 0 radical (unpaired) electrons. The van der Waals surface area contributed by atoms with Gasteiger partial charge in [0.05, 0.1) is 18.2 Å². The van der Waals surface area contributed by atoms with E-state index in [-0.39, 0.29) is 5.82 Å². The van der Waals surface area contributed by atoms with Crippen molar-refractivity contribution in [3.8, 4) is 5.69 Å². The maximum atomic E-state index is 13.4. The molecule has 0 fully saturated rings. The molecule has 0 saturated carbocycles. The molecule has 0 aliphatic heterocycles. The monoisotopic (exact) mass is 206 g/mol. The third-order valence-electron chi connectivity index (χ3n) is 2.13. The van der Waals surface area contributed by atoms with E-state index >= 15 is 0 Å². The van der Waals surface area contributed by atoms with Gasteiger partial charge >= 0.3 is 0 Å². The highest BCUT2D eigenvalue weighted by molar-refractivity contribution is 5.33. The Hall–Kier alpha value is -1.75. The molecule has 0 bridgehead atoms. The lowest BCUT2D eigenvalue weighted by Gasteiger charge is -2.07. The summed E-state index contributed by atoms with van der Waals surface area (Å²) in [5.74, 6) is -0.367. The number of nitrogens with two attached hydrogens (primary N) is 1. The van der Waals surface area contributed by atoms with Crippen LogP contribution in [0.3, 0.4) is 0 Å². The maximum absolute atomic E-state index is 13.4. The second-order valence-electron chi connectivity index (χ2n) is 3.12. The van der Waals surface area contributed by atoms with E-state index < -0.39 is 0 Å². The Morgan fingerprint density at radius 3 is 2.93 bits per heavy atom. The van der Waals surface area contributed by atoms with E-state index in [4.69, 9.17) is 5.73 Å². The van der Waals surface area contributed by atoms with Crippen molar-refractivity contribution >= 4 is 0 Å². The average Bonchev–Trinajstić information content (AvgIpc) is 2.67. The zero-order chi connectivity index (χ0) is 10.7. The van der Waals surface area contributed by atoms with Crippen molar-refractivity contribution in [2.45, 2.75) is 6.42 Å². The lowest BCUT2D eigenvalue weighted by atomic mass is 10.3. The van der Waals surface area contributed by atoms with Gasteiger partial charge in [-0.2, -0.15) is 0 Å². The Morgan fingerprint density at radius 1 is 1.33 bits per heavy atom. The molecule has 4 nitrogen and oxygen atoms in total. The van der Waals surface area contributed by atoms with Crippen molar-refractivity contribution in [1.29, 1.82) is 0 Å². The minimum absolute atomic E-state index is 0.367. The molecule has 2 rings (SSSR count). The minimum Gasteiger partial charge on any atom is -0.330 e. The number of aromatic nitrogens is 3. The van der Waals surface area contributed by atoms with Gasteiger partial charge in [-0.1, -0.05) is 0 Å². The summed E-state index contributed by atoms with van der Waals surface area (Å²) >= 11 is 0. The maximum Gasteiger partial charge on any atom is 0.165 e. The van der Waals surface area contributed by atoms with Gasteiger partial charge in [-0.05, 0) is 12.6 Å². The molecule has 2 aromatic heterocycles. The molecule has 2 heterocycles. The molecule has 0 atom stereocenters. The highest BCUT2D eigenvalue weighted by Crippen LogP contribution is 2.13. The van der Waals surface area contributed by atoms with Crippen molar-refractivity contribution in [3.63, 3.8) is 0 Å². The Kier molecular flexibility index (Phi) is 2.73. The SMILES string of the molecule is NCCc1cncn1-c1ccncc1F. The normalized spacial score (nSPS) is 10.5. The van der Waals surface area contributed by atoms with Crippen LogP contribution in [0.15, 0.2) is 31.0 Å². The number of nitrogens with zero attached hydrogens (tertiary/aromatic N) is 3. The first kappa shape index (κ1) is 9.79. The summed E-state index contributed by atoms with van der Waals surface area (Å²) in [7, 11) is 0. The molecular weight excluding hydrogens is 195 g/mol. The van der Waals surface area contributed by atoms with Crippen LogP contribution in [0.5, 0.6) is 0 Å². The molecule has 0 saturated heterocycles. The first-order valence-electron chi connectivity index (χ1n) is 4.64. The summed E-state index contributed by atoms with van der Waals surface area (Å²) in [5.41, 5.74) is 6.80. The smallest absolute Gasteiger partial charge is 0.165 e. The fraction of sp³-hybridized carbons (Fsp3) is 0.200. The van der Waals surface area contributed by atoms with Crippen LogP contribution in [-0.2, 0) is 6.42 Å². The van der Waals surface area contributed by atoms with Gasteiger partial charge < -0.3 is 10.3 Å². The van der Waals surface area contributed by atoms with Gasteiger partial charge in [-0.15, -0.1) is 0 Å². The summed E-state index contributed by atoms with van der Waals surface area (Å²) < 4.78 is 15.1. The van der Waals surface area contributed by atoms with Crippen LogP contribution in [0.2, 0.25) is 0 Å². The van der Waals surface area contributed by atoms with E-state index in [0.717, 1.165) is 5.69 Å². The largest absolute Gasteiger partial charge is 0.330 e. The fourth-order valence-corrected chi connectivity index (χ4v) is 1.44. The van der Waals surface area contributed by atoms with E-state index in [1.165, 1.54) is 6.20 Å². The van der Waals surface area contributed by atoms with Gasteiger partial charge in [0.15, 0.2) is 5.82 Å². The van der Waals surface area contributed by atoms with Gasteiger partial charge in [-0.25, -0.2) is 9.37 Å². The molecule has 0 amide bonds. The third-order valence-corrected chi connectivity index (χ3v) is 2.13. The van der Waals surface area contributed by atoms with Gasteiger partial charge in [0.25, 0.3) is 0 Å². The highest BCUT2D eigenvalue weighted by atomic mass is 19.1. The van der Waals surface area contributed by atoms with Crippen molar-refractivity contribution < 1.29 is 4.39 Å². The van der Waals surface area contributed by atoms with Crippen molar-refractivity contribution in [3.05, 3.63) is 42.5 Å². The molecule has 2 N–H and O–H groups in total. The predicted octanol–water partition coefficient (Wildman–Crippen LogP) is 0.908. The van der Waals surface area contributed by atoms with Gasteiger partial charge in [0.2, 0.25) is 0 Å². The Morgan fingerprint density at radius 2 is 2.20 bits per heavy atom. The standard InChI is InChI=1S/C10H11FN4/c11-9-6-13-4-2-10(9)15-7-14-5-8(15)1-3-12/h2,4-7H,1,3,12H2. The molecule has 0 unspecified atom stereocenters. The van der Waals surface area contributed by atoms with Crippen LogP contribution < -0.4 is 5.73 Å². The molecule has 5 heteroatoms. The van der Waals surface area contributed by atoms with E-state index in [2.05, 4.69) is 9.97 Å². The lowest BCUT2D eigenvalue weighted by Crippen LogP contribution is -2.08. The van der Waals surface area contributed by atoms with Crippen LogP contribution in [0.25, 0.3) is 5.69 Å². The van der Waals surface area contributed by atoms with Crippen molar-refractivity contribution in [1.82, 2.24) is 14.5 Å². The summed E-state index contributed by atoms with van der Waals surface area (Å²) in [6, 6.07) is 1.61. The van der Waals surface area contributed by atoms with Gasteiger partial charge in [0.1, 0.15) is 0 Å². The van der Waals surface area contributed by atoms with Gasteiger partial charge in [-0.3, -0.25) is 4.98 Å². The lowest BCUT2D eigenvalue weighted by molar-refractivity contribution is 0.609. The molecular formula is C10H11FN4. The summed E-state index contributed by atoms with van der Waals surface area (Å²) in [5, 5.41) is 0. The van der Waals surface area contributed by atoms with Crippen LogP contribution in [0, 0.1) is 5.82 Å². The summed E-state index contributed by atoms with van der Waals surface area (Å²) in [6.45, 7) is 0.512. The van der Waals surface area contributed by atoms with Crippen LogP contribution >= 0.6 is 0 Å². The average molecular weight is 206 g/mol. The number of rotatable bonds is 3. The van der Waals surface area contributed by atoms with Crippen molar-refractivity contribution in [2.75, 3.05) is 6.54 Å². The Balaban J connectivity index is 2.45. The second-order valence-corrected chi connectivity index (χ2v) is 3.12. The number of pyridine rings is 1. The minimum atomic E-state index is -0.367. The fourth-order valence-electron chi connectivity index (χ4n) is 1.44. The first-order valence-corrected chi connectivity index (χ1v) is 4.64. The van der Waals surface area contributed by atoms with Crippen LogP contribution in [0.1, 0.15) is 5.69 Å². The molecule has 0 spiro atoms. The zero-order valence-electron chi connectivity index (χ0n) is 8.10. The van der Waals surface area contributed by atoms with Crippen LogP contribution in [0.4, 0.5) is 4.39 Å².